The van der Waals surface area contributed by atoms with Crippen LogP contribution in [0, 0.1) is 0 Å². The van der Waals surface area contributed by atoms with E-state index in [1.165, 1.54) is 31.3 Å². The van der Waals surface area contributed by atoms with E-state index >= 15 is 0 Å². The zero-order valence-electron chi connectivity index (χ0n) is 20.2. The van der Waals surface area contributed by atoms with Crippen molar-refractivity contribution in [2.75, 3.05) is 51.9 Å². The number of amidine groups is 1. The Balaban J connectivity index is 2.01. The second-order valence-corrected chi connectivity index (χ2v) is 7.57. The van der Waals surface area contributed by atoms with E-state index < -0.39 is 17.6 Å². The lowest BCUT2D eigenvalue weighted by molar-refractivity contribution is -0.137. The molecule has 0 radical (unpaired) electrons. The average Bonchev–Trinajstić information content (AvgIpc) is 2.84. The molecule has 2 aromatic rings. The monoisotopic (exact) mass is 525 g/mol. The third-order valence-corrected chi connectivity index (χ3v) is 4.69. The first-order valence-electron chi connectivity index (χ1n) is 11.1. The normalized spacial score (nSPS) is 11.6. The quantitative estimate of drug-likeness (QED) is 0.0583. The summed E-state index contributed by atoms with van der Waals surface area (Å²) in [5, 5.41) is 13.1. The fraction of sp³-hybridized carbons (Fsp3) is 0.348. The van der Waals surface area contributed by atoms with E-state index in [2.05, 4.69) is 21.1 Å². The summed E-state index contributed by atoms with van der Waals surface area (Å²) in [6, 6.07) is 9.06. The number of hydrazone groups is 1. The number of carbonyl (C=O) groups excluding carboxylic acids is 2. The number of hydrazine groups is 1. The van der Waals surface area contributed by atoms with Gasteiger partial charge in [-0.15, -0.1) is 5.10 Å². The maximum absolute atomic E-state index is 12.8. The number of rotatable bonds is 15. The number of carbonyl (C=O) groups is 2. The molecule has 0 aromatic heterocycles. The number of anilines is 2. The number of hydrogen-bond donors (Lipinski definition) is 5. The summed E-state index contributed by atoms with van der Waals surface area (Å²) >= 11 is 0. The lowest BCUT2D eigenvalue weighted by Crippen LogP contribution is -2.29. The number of nitrogens with zero attached hydrogens (tertiary/aromatic N) is 2. The fourth-order valence-electron chi connectivity index (χ4n) is 2.98. The number of hydrogen-bond acceptors (Lipinski definition) is 8. The number of nitrogens with two attached hydrogens (primary N) is 2. The molecule has 0 saturated carbocycles. The van der Waals surface area contributed by atoms with E-state index in [0.29, 0.717) is 49.7 Å². The van der Waals surface area contributed by atoms with Crippen molar-refractivity contribution in [2.24, 2.45) is 16.7 Å². The van der Waals surface area contributed by atoms with Crippen molar-refractivity contribution in [3.8, 4) is 0 Å². The Kier molecular flexibility index (Phi) is 11.6. The second-order valence-electron chi connectivity index (χ2n) is 7.57. The summed E-state index contributed by atoms with van der Waals surface area (Å²) < 4.78 is 49.2. The zero-order valence-corrected chi connectivity index (χ0v) is 20.2. The van der Waals surface area contributed by atoms with Crippen LogP contribution in [0.3, 0.4) is 0 Å². The van der Waals surface area contributed by atoms with Crippen molar-refractivity contribution in [3.05, 3.63) is 59.2 Å². The molecular weight excluding hydrogens is 495 g/mol. The largest absolute Gasteiger partial charge is 0.416 e. The molecule has 0 aliphatic rings. The summed E-state index contributed by atoms with van der Waals surface area (Å²) in [6.45, 7) is 1.95. The minimum Gasteiger partial charge on any atom is -0.382 e. The van der Waals surface area contributed by atoms with Gasteiger partial charge in [-0.05, 0) is 42.5 Å². The predicted octanol–water partition coefficient (Wildman–Crippen LogP) is 1.38. The van der Waals surface area contributed by atoms with Crippen LogP contribution in [0.2, 0.25) is 0 Å². The average molecular weight is 526 g/mol. The van der Waals surface area contributed by atoms with Crippen LogP contribution in [0.25, 0.3) is 0 Å². The fourth-order valence-corrected chi connectivity index (χ4v) is 2.98. The van der Waals surface area contributed by atoms with Gasteiger partial charge >= 0.3 is 6.18 Å². The molecule has 0 saturated heterocycles. The molecule has 2 amide bonds. The number of amides is 2. The highest BCUT2D eigenvalue weighted by Crippen LogP contribution is 2.31. The molecule has 0 spiro atoms. The van der Waals surface area contributed by atoms with Gasteiger partial charge < -0.3 is 31.2 Å². The maximum atomic E-state index is 12.8. The van der Waals surface area contributed by atoms with Crippen molar-refractivity contribution in [2.45, 2.75) is 6.18 Å². The van der Waals surface area contributed by atoms with Gasteiger partial charge in [0.1, 0.15) is 0 Å². The van der Waals surface area contributed by atoms with Crippen LogP contribution < -0.4 is 27.5 Å². The molecule has 0 heterocycles. The van der Waals surface area contributed by atoms with E-state index in [4.69, 9.17) is 21.1 Å². The maximum Gasteiger partial charge on any atom is 0.416 e. The van der Waals surface area contributed by atoms with E-state index in [-0.39, 0.29) is 24.6 Å². The van der Waals surface area contributed by atoms with Gasteiger partial charge in [0.15, 0.2) is 5.84 Å². The molecule has 0 aliphatic heterocycles. The second kappa shape index (κ2) is 14.6. The molecule has 14 heteroatoms. The first-order valence-corrected chi connectivity index (χ1v) is 11.1. The van der Waals surface area contributed by atoms with Crippen LogP contribution in [-0.2, 0) is 20.4 Å². The first-order chi connectivity index (χ1) is 17.6. The highest BCUT2D eigenvalue weighted by atomic mass is 19.4. The molecule has 7 N–H and O–H groups in total. The smallest absolute Gasteiger partial charge is 0.382 e. The number of ether oxygens (including phenoxy) is 2. The Morgan fingerprint density at radius 3 is 2.30 bits per heavy atom. The molecule has 0 bridgehead atoms. The van der Waals surface area contributed by atoms with Gasteiger partial charge in [0.05, 0.1) is 32.0 Å². The molecule has 0 atom stereocenters. The van der Waals surface area contributed by atoms with Gasteiger partial charge in [0.2, 0.25) is 6.41 Å². The minimum absolute atomic E-state index is 0.0132. The van der Waals surface area contributed by atoms with Crippen molar-refractivity contribution < 1.29 is 32.2 Å². The van der Waals surface area contributed by atoms with Gasteiger partial charge in [0, 0.05) is 42.6 Å². The first kappa shape index (κ1) is 29.4. The van der Waals surface area contributed by atoms with Crippen molar-refractivity contribution in [1.29, 1.82) is 0 Å². The molecule has 11 nitrogen and oxygen atoms in total. The van der Waals surface area contributed by atoms with Crippen molar-refractivity contribution in [3.63, 3.8) is 0 Å². The Morgan fingerprint density at radius 2 is 1.70 bits per heavy atom. The topological polar surface area (TPSA) is 156 Å². The highest BCUT2D eigenvalue weighted by Gasteiger charge is 2.30. The molecule has 37 heavy (non-hydrogen) atoms. The Labute approximate surface area is 211 Å². The lowest BCUT2D eigenvalue weighted by atomic mass is 10.1. The Bertz CT molecular complexity index is 1050. The number of alkyl halides is 3. The van der Waals surface area contributed by atoms with Crippen LogP contribution in [0.15, 0.2) is 47.6 Å². The van der Waals surface area contributed by atoms with Crippen LogP contribution >= 0.6 is 0 Å². The van der Waals surface area contributed by atoms with Crippen LogP contribution in [-0.4, -0.2) is 69.8 Å². The van der Waals surface area contributed by atoms with E-state index in [0.717, 1.165) is 17.3 Å². The summed E-state index contributed by atoms with van der Waals surface area (Å²) in [5.74, 6) is 5.15. The molecule has 0 unspecified atom stereocenters. The van der Waals surface area contributed by atoms with Crippen LogP contribution in [0.4, 0.5) is 24.5 Å². The molecule has 0 fully saturated rings. The standard InChI is InChI=1S/C23H30F3N7O4/c1-33(28)32-21(27)19-14-16(22(35)30-9-11-37-13-12-36-10-8-29-15-34)2-7-20(19)31-18-5-3-17(4-6-18)23(24,25)26/h2-7,14-15,31H,8-13,28H2,1H3,(H2,27,32)(H,29,34)(H,30,35). The predicted molar refractivity (Wildman–Crippen MR) is 132 cm³/mol. The van der Waals surface area contributed by atoms with Crippen LogP contribution in [0.5, 0.6) is 0 Å². The summed E-state index contributed by atoms with van der Waals surface area (Å²) in [6.07, 6.45) is -3.86. The third-order valence-electron chi connectivity index (χ3n) is 4.69. The number of benzene rings is 2. The minimum atomic E-state index is -4.45. The van der Waals surface area contributed by atoms with Gasteiger partial charge in [-0.25, -0.2) is 11.0 Å². The molecule has 2 aromatic carbocycles. The molecule has 0 aliphatic carbocycles. The van der Waals surface area contributed by atoms with E-state index in [1.807, 2.05) is 0 Å². The van der Waals surface area contributed by atoms with E-state index in [9.17, 15) is 22.8 Å². The summed E-state index contributed by atoms with van der Waals surface area (Å²) in [4.78, 5) is 22.7. The van der Waals surface area contributed by atoms with Gasteiger partial charge in [-0.1, -0.05) is 0 Å². The van der Waals surface area contributed by atoms with Crippen LogP contribution in [0.1, 0.15) is 21.5 Å². The van der Waals surface area contributed by atoms with Crippen molar-refractivity contribution in [1.82, 2.24) is 15.8 Å². The third kappa shape index (κ3) is 10.3. The van der Waals surface area contributed by atoms with Crippen molar-refractivity contribution >= 4 is 29.5 Å². The highest BCUT2D eigenvalue weighted by molar-refractivity contribution is 6.05. The summed E-state index contributed by atoms with van der Waals surface area (Å²) in [7, 11) is 1.46. The number of halogens is 3. The van der Waals surface area contributed by atoms with Gasteiger partial charge in [0.25, 0.3) is 5.91 Å². The Hall–Kier alpha value is -3.88. The molecule has 202 valence electrons. The summed E-state index contributed by atoms with van der Waals surface area (Å²) in [5.41, 5.74) is 6.66. The molecular formula is C23H30F3N7O4. The lowest BCUT2D eigenvalue weighted by Gasteiger charge is -2.15. The van der Waals surface area contributed by atoms with Gasteiger partial charge in [-0.2, -0.15) is 13.2 Å². The SMILES string of the molecule is CN(N)/N=C(\N)c1cc(C(=O)NCCOCCOCCNC=O)ccc1Nc1ccc(C(F)(F)F)cc1. The van der Waals surface area contributed by atoms with Gasteiger partial charge in [-0.3, -0.25) is 9.59 Å². The molecule has 2 rings (SSSR count). The van der Waals surface area contributed by atoms with E-state index in [1.54, 1.807) is 6.07 Å². The zero-order chi connectivity index (χ0) is 27.3. The Morgan fingerprint density at radius 1 is 1.05 bits per heavy atom. The number of nitrogens with one attached hydrogen (secondary N) is 3.